The topological polar surface area (TPSA) is 88.8 Å². The number of nitriles is 1. The molecule has 22 heavy (non-hydrogen) atoms. The summed E-state index contributed by atoms with van der Waals surface area (Å²) in [7, 11) is 1.32. The van der Waals surface area contributed by atoms with E-state index in [0.29, 0.717) is 12.8 Å². The first-order chi connectivity index (χ1) is 10.5. The maximum absolute atomic E-state index is 11.2. The molecular formula is C16H23NO5. The van der Waals surface area contributed by atoms with Crippen molar-refractivity contribution in [2.24, 2.45) is 5.92 Å². The van der Waals surface area contributed by atoms with Crippen molar-refractivity contribution in [2.75, 3.05) is 13.7 Å². The smallest absolute Gasteiger partial charge is 0.330 e. The lowest BCUT2D eigenvalue weighted by molar-refractivity contribution is -0.184. The zero-order chi connectivity index (χ0) is 16.2. The minimum absolute atomic E-state index is 0.0370. The van der Waals surface area contributed by atoms with Crippen LogP contribution in [0.4, 0.5) is 0 Å². The fraction of sp³-hybridized carbons (Fsp3) is 0.750. The Morgan fingerprint density at radius 2 is 2.36 bits per heavy atom. The Balaban J connectivity index is 2.01. The van der Waals surface area contributed by atoms with Crippen LogP contribution in [0, 0.1) is 17.2 Å². The van der Waals surface area contributed by atoms with Gasteiger partial charge in [-0.2, -0.15) is 5.26 Å². The van der Waals surface area contributed by atoms with Gasteiger partial charge in [0.1, 0.15) is 5.60 Å². The number of aliphatic hydroxyl groups excluding tert-OH is 1. The third kappa shape index (κ3) is 3.67. The molecular weight excluding hydrogens is 286 g/mol. The average molecular weight is 309 g/mol. The van der Waals surface area contributed by atoms with E-state index >= 15 is 0 Å². The van der Waals surface area contributed by atoms with Crippen LogP contribution in [0.2, 0.25) is 0 Å². The Labute approximate surface area is 130 Å². The van der Waals surface area contributed by atoms with Crippen LogP contribution in [-0.2, 0) is 19.0 Å². The Hall–Kier alpha value is -1.42. The van der Waals surface area contributed by atoms with Crippen LogP contribution in [0.3, 0.4) is 0 Å². The number of rotatable bonds is 5. The minimum Gasteiger partial charge on any atom is -0.466 e. The lowest BCUT2D eigenvalue weighted by Gasteiger charge is -2.41. The molecule has 0 spiro atoms. The van der Waals surface area contributed by atoms with E-state index in [1.165, 1.54) is 13.2 Å². The van der Waals surface area contributed by atoms with E-state index in [2.05, 4.69) is 10.8 Å². The van der Waals surface area contributed by atoms with Crippen LogP contribution in [-0.4, -0.2) is 48.7 Å². The summed E-state index contributed by atoms with van der Waals surface area (Å²) < 4.78 is 16.6. The number of esters is 1. The molecule has 3 unspecified atom stereocenters. The fourth-order valence-corrected chi connectivity index (χ4v) is 3.22. The molecule has 122 valence electrons. The first-order valence-corrected chi connectivity index (χ1v) is 7.63. The molecule has 2 fully saturated rings. The standard InChI is InChI=1S/C16H23NO5/c1-11(9-17)7-12-3-5-14-16(10-18,22-12)8-13(21-14)4-6-15(19)20-2/h4,6,11-14,18H,3,5,7-8,10H2,1-2H3/b6-4+/t11-,12-,13?,14?,16?/m1/s1. The normalized spacial score (nSPS) is 35.8. The summed E-state index contributed by atoms with van der Waals surface area (Å²) in [6.45, 7) is 1.74. The van der Waals surface area contributed by atoms with Crippen molar-refractivity contribution >= 4 is 5.97 Å². The number of carbonyl (C=O) groups is 1. The average Bonchev–Trinajstić information content (AvgIpc) is 2.90. The summed E-state index contributed by atoms with van der Waals surface area (Å²) in [5, 5.41) is 18.7. The summed E-state index contributed by atoms with van der Waals surface area (Å²) in [5.74, 6) is -0.507. The van der Waals surface area contributed by atoms with Crippen molar-refractivity contribution in [2.45, 2.75) is 56.5 Å². The number of hydrogen-bond donors (Lipinski definition) is 1. The van der Waals surface area contributed by atoms with E-state index in [-0.39, 0.29) is 30.8 Å². The molecule has 0 aromatic heterocycles. The van der Waals surface area contributed by atoms with Crippen molar-refractivity contribution in [3.05, 3.63) is 12.2 Å². The van der Waals surface area contributed by atoms with Gasteiger partial charge in [-0.1, -0.05) is 0 Å². The van der Waals surface area contributed by atoms with Gasteiger partial charge in [0, 0.05) is 18.4 Å². The predicted molar refractivity (Wildman–Crippen MR) is 77.8 cm³/mol. The van der Waals surface area contributed by atoms with E-state index in [1.807, 2.05) is 6.92 Å². The molecule has 0 saturated carbocycles. The highest BCUT2D eigenvalue weighted by Crippen LogP contribution is 2.42. The third-order valence-corrected chi connectivity index (χ3v) is 4.38. The summed E-state index contributed by atoms with van der Waals surface area (Å²) in [6, 6.07) is 2.21. The van der Waals surface area contributed by atoms with Crippen LogP contribution in [0.15, 0.2) is 12.2 Å². The number of methoxy groups -OCH3 is 1. The highest BCUT2D eigenvalue weighted by molar-refractivity contribution is 5.81. The number of aliphatic hydroxyl groups is 1. The second-order valence-electron chi connectivity index (χ2n) is 6.06. The van der Waals surface area contributed by atoms with E-state index < -0.39 is 11.6 Å². The Morgan fingerprint density at radius 3 is 3.00 bits per heavy atom. The second-order valence-corrected chi connectivity index (χ2v) is 6.06. The number of nitrogens with zero attached hydrogens (tertiary/aromatic N) is 1. The zero-order valence-corrected chi connectivity index (χ0v) is 13.0. The van der Waals surface area contributed by atoms with Gasteiger partial charge in [-0.3, -0.25) is 0 Å². The molecule has 1 N–H and O–H groups in total. The molecule has 2 saturated heterocycles. The number of fused-ring (bicyclic) bond motifs is 1. The molecule has 0 radical (unpaired) electrons. The number of carbonyl (C=O) groups excluding carboxylic acids is 1. The monoisotopic (exact) mass is 309 g/mol. The molecule has 0 bridgehead atoms. The van der Waals surface area contributed by atoms with Crippen LogP contribution in [0.25, 0.3) is 0 Å². The zero-order valence-electron chi connectivity index (χ0n) is 13.0. The van der Waals surface area contributed by atoms with E-state index in [1.54, 1.807) is 6.08 Å². The van der Waals surface area contributed by atoms with Gasteiger partial charge >= 0.3 is 5.97 Å². The van der Waals surface area contributed by atoms with Crippen LogP contribution >= 0.6 is 0 Å². The van der Waals surface area contributed by atoms with Crippen molar-refractivity contribution in [3.63, 3.8) is 0 Å². The van der Waals surface area contributed by atoms with Gasteiger partial charge < -0.3 is 19.3 Å². The number of ether oxygens (including phenoxy) is 3. The molecule has 2 rings (SSSR count). The van der Waals surface area contributed by atoms with Crippen LogP contribution in [0.1, 0.15) is 32.6 Å². The van der Waals surface area contributed by atoms with Gasteiger partial charge in [-0.15, -0.1) is 0 Å². The number of hydrogen-bond acceptors (Lipinski definition) is 6. The summed E-state index contributed by atoms with van der Waals surface area (Å²) >= 11 is 0. The second kappa shape index (κ2) is 7.23. The summed E-state index contributed by atoms with van der Waals surface area (Å²) in [4.78, 5) is 11.2. The Bertz CT molecular complexity index is 472. The van der Waals surface area contributed by atoms with Gasteiger partial charge in [0.05, 0.1) is 38.1 Å². The summed E-state index contributed by atoms with van der Waals surface area (Å²) in [5.41, 5.74) is -0.733. The maximum Gasteiger partial charge on any atom is 0.330 e. The SMILES string of the molecule is COC(=O)/C=C/C1CC2(CO)O[C@@H](C[C@@H](C)C#N)CCC2O1. The molecule has 0 aromatic rings. The van der Waals surface area contributed by atoms with E-state index in [0.717, 1.165) is 12.8 Å². The third-order valence-electron chi connectivity index (χ3n) is 4.38. The van der Waals surface area contributed by atoms with Crippen molar-refractivity contribution < 1.29 is 24.1 Å². The maximum atomic E-state index is 11.2. The molecule has 2 aliphatic rings. The van der Waals surface area contributed by atoms with E-state index in [4.69, 9.17) is 14.7 Å². The van der Waals surface area contributed by atoms with Crippen molar-refractivity contribution in [1.82, 2.24) is 0 Å². The molecule has 0 aliphatic carbocycles. The lowest BCUT2D eigenvalue weighted by atomic mass is 9.85. The van der Waals surface area contributed by atoms with Gasteiger partial charge in [0.25, 0.3) is 0 Å². The van der Waals surface area contributed by atoms with Crippen LogP contribution < -0.4 is 0 Å². The predicted octanol–water partition coefficient (Wildman–Crippen LogP) is 1.33. The highest BCUT2D eigenvalue weighted by atomic mass is 16.6. The van der Waals surface area contributed by atoms with Gasteiger partial charge in [-0.25, -0.2) is 4.79 Å². The largest absolute Gasteiger partial charge is 0.466 e. The summed E-state index contributed by atoms with van der Waals surface area (Å²) in [6.07, 6.45) is 5.25. The Morgan fingerprint density at radius 1 is 1.59 bits per heavy atom. The molecule has 6 heteroatoms. The van der Waals surface area contributed by atoms with Crippen LogP contribution in [0.5, 0.6) is 0 Å². The molecule has 0 aromatic carbocycles. The van der Waals surface area contributed by atoms with Gasteiger partial charge in [-0.05, 0) is 32.3 Å². The van der Waals surface area contributed by atoms with Gasteiger partial charge in [0.2, 0.25) is 0 Å². The lowest BCUT2D eigenvalue weighted by Crippen LogP contribution is -2.51. The molecule has 2 aliphatic heterocycles. The van der Waals surface area contributed by atoms with Gasteiger partial charge in [0.15, 0.2) is 0 Å². The molecule has 6 nitrogen and oxygen atoms in total. The first-order valence-electron chi connectivity index (χ1n) is 7.63. The Kier molecular flexibility index (Phi) is 5.57. The minimum atomic E-state index is -0.733. The quantitative estimate of drug-likeness (QED) is 0.609. The molecule has 0 amide bonds. The van der Waals surface area contributed by atoms with Crippen molar-refractivity contribution in [1.29, 1.82) is 5.26 Å². The molecule has 2 heterocycles. The fourth-order valence-electron chi connectivity index (χ4n) is 3.22. The first kappa shape index (κ1) is 16.9. The van der Waals surface area contributed by atoms with E-state index in [9.17, 15) is 9.90 Å². The highest BCUT2D eigenvalue weighted by Gasteiger charge is 2.52. The molecule has 5 atom stereocenters. The van der Waals surface area contributed by atoms with Crippen molar-refractivity contribution in [3.8, 4) is 6.07 Å².